The maximum Gasteiger partial charge on any atom is 0.247 e. The summed E-state index contributed by atoms with van der Waals surface area (Å²) in [5.41, 5.74) is 7.79. The molecule has 73 heavy (non-hydrogen) atoms. The molecule has 0 radical (unpaired) electrons. The summed E-state index contributed by atoms with van der Waals surface area (Å²) >= 11 is 0. The number of amides is 2. The van der Waals surface area contributed by atoms with Gasteiger partial charge in [0.05, 0.1) is 59.4 Å². The van der Waals surface area contributed by atoms with Gasteiger partial charge in [0.15, 0.2) is 11.6 Å². The molecule has 378 valence electrons. The van der Waals surface area contributed by atoms with E-state index >= 15 is 0 Å². The Morgan fingerprint density at radius 3 is 1.62 bits per heavy atom. The number of aromatic amines is 1. The van der Waals surface area contributed by atoms with Gasteiger partial charge in [0.25, 0.3) is 0 Å². The van der Waals surface area contributed by atoms with E-state index in [1.54, 1.807) is 20.3 Å². The lowest BCUT2D eigenvalue weighted by molar-refractivity contribution is -0.112. The average Bonchev–Trinajstić information content (AvgIpc) is 4.04. The summed E-state index contributed by atoms with van der Waals surface area (Å²) in [5.74, 6) is 2.30. The standard InChI is InChI=1S/C27H32N8O2.C26H30N8O2/c1-7-24(36)30-20-15-21(23(37-6)16-22(20)34(4)14-13-33(2)3)31-27-29-17-28-26(32-27)19-10-8-9-18-11-12-35(5)25(18)19;1-6-23(35)30-19-14-20(22(36-5)15-21(19)34(4)13-12-33(2)3)31-26-29-16-28-25(32-26)18-9-7-8-17-10-11-27-24(17)18/h7-12,15-17H,1,13-14H2,2-6H3,(H,30,36)(H,28,29,31,32);6-11,14-16,27H,1,12-13H2,2-5H3,(H,30,35)(H,28,29,31,32). The lowest BCUT2D eigenvalue weighted by atomic mass is 10.1. The highest BCUT2D eigenvalue weighted by molar-refractivity contribution is 6.03. The maximum absolute atomic E-state index is 12.2. The normalized spacial score (nSPS) is 10.9. The van der Waals surface area contributed by atoms with Crippen molar-refractivity contribution in [3.8, 4) is 34.3 Å². The highest BCUT2D eigenvalue weighted by Crippen LogP contribution is 2.40. The number of aromatic nitrogens is 8. The Bertz CT molecular complexity index is 3240. The molecule has 4 aromatic carbocycles. The predicted molar refractivity (Wildman–Crippen MR) is 293 cm³/mol. The molecule has 4 heterocycles. The van der Waals surface area contributed by atoms with Crippen molar-refractivity contribution in [3.63, 3.8) is 0 Å². The number of nitrogens with zero attached hydrogens (tertiary/aromatic N) is 11. The van der Waals surface area contributed by atoms with Crippen LogP contribution in [0.5, 0.6) is 11.5 Å². The van der Waals surface area contributed by atoms with Crippen LogP contribution >= 0.6 is 0 Å². The summed E-state index contributed by atoms with van der Waals surface area (Å²) in [6, 6.07) is 23.4. The van der Waals surface area contributed by atoms with Gasteiger partial charge in [-0.2, -0.15) is 9.97 Å². The molecule has 5 N–H and O–H groups in total. The second-order valence-corrected chi connectivity index (χ2v) is 17.4. The van der Waals surface area contributed by atoms with E-state index in [-0.39, 0.29) is 11.8 Å². The molecule has 0 spiro atoms. The number of hydrogen-bond acceptors (Lipinski definition) is 16. The highest BCUT2D eigenvalue weighted by atomic mass is 16.5. The van der Waals surface area contributed by atoms with Crippen molar-refractivity contribution in [1.82, 2.24) is 49.3 Å². The lowest BCUT2D eigenvalue weighted by Gasteiger charge is -2.26. The number of para-hydroxylation sites is 2. The van der Waals surface area contributed by atoms with Gasteiger partial charge in [0, 0.05) is 93.7 Å². The molecular weight excluding hydrogens is 925 g/mol. The Kier molecular flexibility index (Phi) is 17.0. The first-order chi connectivity index (χ1) is 35.2. The molecule has 8 rings (SSSR count). The monoisotopic (exact) mass is 987 g/mol. The highest BCUT2D eigenvalue weighted by Gasteiger charge is 2.20. The number of carbonyl (C=O) groups is 2. The minimum Gasteiger partial charge on any atom is -0.494 e. The van der Waals surface area contributed by atoms with E-state index in [4.69, 9.17) is 9.47 Å². The first-order valence-corrected chi connectivity index (χ1v) is 23.3. The third kappa shape index (κ3) is 12.7. The van der Waals surface area contributed by atoms with Gasteiger partial charge in [0.2, 0.25) is 23.7 Å². The number of fused-ring (bicyclic) bond motifs is 2. The second-order valence-electron chi connectivity index (χ2n) is 17.4. The van der Waals surface area contributed by atoms with E-state index in [2.05, 4.69) is 101 Å². The van der Waals surface area contributed by atoms with E-state index in [1.807, 2.05) is 121 Å². The van der Waals surface area contributed by atoms with Crippen LogP contribution in [0, 0.1) is 0 Å². The SMILES string of the molecule is C=CC(=O)Nc1cc(Nc2ncnc(-c3cccc4cc[nH]c34)n2)c(OC)cc1N(C)CCN(C)C.C=CC(=O)Nc1cc(Nc2ncnc(-c3cccc4ccn(C)c34)n2)c(OC)cc1N(C)CCN(C)C. The van der Waals surface area contributed by atoms with Crippen molar-refractivity contribution in [2.24, 2.45) is 7.05 Å². The van der Waals surface area contributed by atoms with Crippen LogP contribution in [0.2, 0.25) is 0 Å². The van der Waals surface area contributed by atoms with Gasteiger partial charge in [0.1, 0.15) is 24.2 Å². The fraction of sp³-hybridized carbons (Fsp3) is 0.245. The number of methoxy groups -OCH3 is 2. The first-order valence-electron chi connectivity index (χ1n) is 23.3. The van der Waals surface area contributed by atoms with Crippen LogP contribution in [0.15, 0.2) is 123 Å². The molecule has 20 nitrogen and oxygen atoms in total. The predicted octanol–water partition coefficient (Wildman–Crippen LogP) is 7.80. The summed E-state index contributed by atoms with van der Waals surface area (Å²) in [4.78, 5) is 62.7. The molecule has 0 aliphatic rings. The van der Waals surface area contributed by atoms with Crippen LogP contribution in [0.4, 0.5) is 46.0 Å². The fourth-order valence-corrected chi connectivity index (χ4v) is 7.83. The number of likely N-dealkylation sites (N-methyl/N-ethyl adjacent to an activating group) is 4. The molecular formula is C53H62N16O4. The summed E-state index contributed by atoms with van der Waals surface area (Å²) in [7, 11) is 17.2. The van der Waals surface area contributed by atoms with Crippen LogP contribution in [-0.2, 0) is 16.6 Å². The van der Waals surface area contributed by atoms with E-state index in [0.29, 0.717) is 57.8 Å². The van der Waals surface area contributed by atoms with Gasteiger partial charge >= 0.3 is 0 Å². The maximum atomic E-state index is 12.2. The lowest BCUT2D eigenvalue weighted by Crippen LogP contribution is -2.29. The molecule has 0 aliphatic heterocycles. The van der Waals surface area contributed by atoms with Crippen LogP contribution < -0.4 is 40.5 Å². The second kappa shape index (κ2) is 23.8. The van der Waals surface area contributed by atoms with Crippen LogP contribution in [0.3, 0.4) is 0 Å². The number of H-pyrrole nitrogens is 1. The smallest absolute Gasteiger partial charge is 0.247 e. The van der Waals surface area contributed by atoms with E-state index in [0.717, 1.165) is 70.5 Å². The minimum absolute atomic E-state index is 0.309. The Labute approximate surface area is 424 Å². The molecule has 0 saturated carbocycles. The number of hydrogen-bond donors (Lipinski definition) is 5. The molecule has 0 saturated heterocycles. The molecule has 2 amide bonds. The zero-order chi connectivity index (χ0) is 52.2. The Morgan fingerprint density at radius 1 is 0.630 bits per heavy atom. The van der Waals surface area contributed by atoms with Crippen LogP contribution in [-0.4, -0.2) is 144 Å². The van der Waals surface area contributed by atoms with Crippen molar-refractivity contribution >= 4 is 79.6 Å². The van der Waals surface area contributed by atoms with Gasteiger partial charge in [-0.15, -0.1) is 0 Å². The summed E-state index contributed by atoms with van der Waals surface area (Å²) in [6.07, 6.45) is 9.31. The molecule has 0 aliphatic carbocycles. The molecule has 0 bridgehead atoms. The first kappa shape index (κ1) is 52.0. The summed E-state index contributed by atoms with van der Waals surface area (Å²) in [5, 5.41) is 14.4. The number of aryl methyl sites for hydroxylation is 1. The Hall–Kier alpha value is -8.88. The number of carbonyl (C=O) groups excluding carboxylic acids is 2. The summed E-state index contributed by atoms with van der Waals surface area (Å²) in [6.45, 7) is 10.3. The molecule has 20 heteroatoms. The molecule has 8 aromatic rings. The quantitative estimate of drug-likeness (QED) is 0.0461. The van der Waals surface area contributed by atoms with Crippen molar-refractivity contribution in [3.05, 3.63) is 123 Å². The number of rotatable bonds is 20. The Balaban J connectivity index is 0.000000214. The van der Waals surface area contributed by atoms with E-state index < -0.39 is 0 Å². The third-order valence-electron chi connectivity index (χ3n) is 11.7. The van der Waals surface area contributed by atoms with Crippen molar-refractivity contribution in [2.45, 2.75) is 0 Å². The van der Waals surface area contributed by atoms with E-state index in [9.17, 15) is 9.59 Å². The van der Waals surface area contributed by atoms with E-state index in [1.165, 1.54) is 24.8 Å². The van der Waals surface area contributed by atoms with Gasteiger partial charge in [-0.05, 0) is 76.7 Å². The zero-order valence-electron chi connectivity index (χ0n) is 42.7. The van der Waals surface area contributed by atoms with Crippen LogP contribution in [0.25, 0.3) is 44.6 Å². The summed E-state index contributed by atoms with van der Waals surface area (Å²) < 4.78 is 13.4. The topological polar surface area (TPSA) is 212 Å². The van der Waals surface area contributed by atoms with Crippen LogP contribution in [0.1, 0.15) is 0 Å². The number of benzene rings is 4. The fourth-order valence-electron chi connectivity index (χ4n) is 7.83. The largest absolute Gasteiger partial charge is 0.494 e. The molecule has 0 unspecified atom stereocenters. The zero-order valence-corrected chi connectivity index (χ0v) is 42.7. The molecule has 0 atom stereocenters. The number of ether oxygens (including phenoxy) is 2. The van der Waals surface area contributed by atoms with Gasteiger partial charge in [-0.1, -0.05) is 37.4 Å². The number of anilines is 8. The van der Waals surface area contributed by atoms with Gasteiger partial charge in [-0.25, -0.2) is 19.9 Å². The van der Waals surface area contributed by atoms with Crippen molar-refractivity contribution in [2.75, 3.05) is 114 Å². The van der Waals surface area contributed by atoms with Crippen molar-refractivity contribution < 1.29 is 19.1 Å². The third-order valence-corrected chi connectivity index (χ3v) is 11.7. The molecule has 0 fully saturated rings. The van der Waals surface area contributed by atoms with Gasteiger partial charge in [-0.3, -0.25) is 9.59 Å². The van der Waals surface area contributed by atoms with Gasteiger partial charge < -0.3 is 59.9 Å². The average molecular weight is 987 g/mol. The molecule has 4 aromatic heterocycles. The van der Waals surface area contributed by atoms with Crippen molar-refractivity contribution in [1.29, 1.82) is 0 Å². The number of nitrogens with one attached hydrogen (secondary N) is 5. The minimum atomic E-state index is -0.310. The Morgan fingerprint density at radius 2 is 1.12 bits per heavy atom.